The van der Waals surface area contributed by atoms with Gasteiger partial charge < -0.3 is 9.72 Å². The summed E-state index contributed by atoms with van der Waals surface area (Å²) in [4.78, 5) is 6.49. The fraction of sp³-hybridized carbons (Fsp3) is 0.143. The summed E-state index contributed by atoms with van der Waals surface area (Å²) in [6.07, 6.45) is 5.55. The van der Waals surface area contributed by atoms with Gasteiger partial charge in [0.25, 0.3) is 0 Å². The molecule has 2 N–H and O–H groups in total. The average molecular weight is 187 g/mol. The highest BCUT2D eigenvalue weighted by Crippen LogP contribution is 1.98. The molecule has 1 aromatic rings. The Morgan fingerprint density at radius 3 is 3.00 bits per heavy atom. The quantitative estimate of drug-likeness (QED) is 0.558. The fourth-order valence-electron chi connectivity index (χ4n) is 0.659. The van der Waals surface area contributed by atoms with Gasteiger partial charge in [-0.3, -0.25) is 5.41 Å². The van der Waals surface area contributed by atoms with E-state index in [0.29, 0.717) is 5.82 Å². The van der Waals surface area contributed by atoms with Crippen LogP contribution in [0.25, 0.3) is 6.08 Å². The Bertz CT molecular complexity index is 295. The van der Waals surface area contributed by atoms with Crippen molar-refractivity contribution >= 4 is 12.0 Å². The monoisotopic (exact) mass is 187 g/mol. The van der Waals surface area contributed by atoms with E-state index >= 15 is 0 Å². The van der Waals surface area contributed by atoms with E-state index in [0.717, 1.165) is 6.08 Å². The Balaban J connectivity index is 2.44. The first kappa shape index (κ1) is 9.37. The van der Waals surface area contributed by atoms with Crippen molar-refractivity contribution in [3.05, 3.63) is 24.3 Å². The summed E-state index contributed by atoms with van der Waals surface area (Å²) in [5.74, 6) is -0.131. The van der Waals surface area contributed by atoms with E-state index < -0.39 is 12.5 Å². The highest BCUT2D eigenvalue weighted by Gasteiger charge is 2.03. The largest absolute Gasteiger partial charge is 0.418 e. The molecule has 1 heterocycles. The molecule has 0 atom stereocenters. The molecule has 0 saturated heterocycles. The lowest BCUT2D eigenvalue weighted by atomic mass is 10.5. The summed E-state index contributed by atoms with van der Waals surface area (Å²) in [5, 5.41) is 6.89. The Labute approximate surface area is 72.8 Å². The van der Waals surface area contributed by atoms with Crippen LogP contribution in [0.3, 0.4) is 0 Å². The summed E-state index contributed by atoms with van der Waals surface area (Å²) >= 11 is 0. The number of halogens is 2. The third kappa shape index (κ3) is 3.46. The average Bonchev–Trinajstić information content (AvgIpc) is 2.51. The predicted molar refractivity (Wildman–Crippen MR) is 42.4 cm³/mol. The standard InChI is InChI=1S/C7H7F2N3O/c8-7(9)13-5(10)1-2-6-11-3-4-12-6/h1-4,7,10H,(H,11,12)/b2-1-,10-5?. The minimum absolute atomic E-state index is 0.475. The number of alkyl halides is 2. The van der Waals surface area contributed by atoms with Crippen molar-refractivity contribution in [1.82, 2.24) is 9.97 Å². The van der Waals surface area contributed by atoms with Crippen LogP contribution in [0.15, 0.2) is 18.5 Å². The Kier molecular flexibility index (Phi) is 3.13. The minimum Gasteiger partial charge on any atom is -0.418 e. The number of nitrogens with zero attached hydrogens (tertiary/aromatic N) is 1. The van der Waals surface area contributed by atoms with Crippen LogP contribution < -0.4 is 0 Å². The van der Waals surface area contributed by atoms with Crippen LogP contribution in [0.5, 0.6) is 0 Å². The second-order valence-electron chi connectivity index (χ2n) is 2.05. The molecule has 0 unspecified atom stereocenters. The summed E-state index contributed by atoms with van der Waals surface area (Å²) in [6, 6.07) is 0. The molecule has 70 valence electrons. The number of imidazole rings is 1. The highest BCUT2D eigenvalue weighted by molar-refractivity contribution is 5.88. The number of rotatable bonds is 3. The lowest BCUT2D eigenvalue weighted by Crippen LogP contribution is -2.04. The van der Waals surface area contributed by atoms with Gasteiger partial charge in [0.05, 0.1) is 0 Å². The zero-order valence-electron chi connectivity index (χ0n) is 6.50. The van der Waals surface area contributed by atoms with Gasteiger partial charge in [0.1, 0.15) is 5.82 Å². The fourth-order valence-corrected chi connectivity index (χ4v) is 0.659. The van der Waals surface area contributed by atoms with Gasteiger partial charge in [0.2, 0.25) is 5.90 Å². The van der Waals surface area contributed by atoms with Crippen molar-refractivity contribution in [2.45, 2.75) is 6.61 Å². The van der Waals surface area contributed by atoms with Crippen molar-refractivity contribution in [2.24, 2.45) is 0 Å². The van der Waals surface area contributed by atoms with E-state index in [1.54, 1.807) is 6.20 Å². The molecule has 1 aromatic heterocycles. The van der Waals surface area contributed by atoms with Gasteiger partial charge in [-0.25, -0.2) is 4.98 Å². The molecular weight excluding hydrogens is 180 g/mol. The third-order valence-corrected chi connectivity index (χ3v) is 1.13. The molecule has 13 heavy (non-hydrogen) atoms. The lowest BCUT2D eigenvalue weighted by molar-refractivity contribution is -0.0599. The first-order valence-corrected chi connectivity index (χ1v) is 3.39. The van der Waals surface area contributed by atoms with Gasteiger partial charge in [-0.05, 0) is 6.08 Å². The molecule has 0 aromatic carbocycles. The number of ether oxygens (including phenoxy) is 1. The number of nitrogens with one attached hydrogen (secondary N) is 2. The SMILES string of the molecule is N=C(/C=C\c1ncc[nH]1)OC(F)F. The van der Waals surface area contributed by atoms with Crippen LogP contribution in [0.4, 0.5) is 8.78 Å². The summed E-state index contributed by atoms with van der Waals surface area (Å²) in [7, 11) is 0. The molecule has 0 bridgehead atoms. The molecule has 0 saturated carbocycles. The van der Waals surface area contributed by atoms with Crippen molar-refractivity contribution in [3.63, 3.8) is 0 Å². The second-order valence-corrected chi connectivity index (χ2v) is 2.05. The van der Waals surface area contributed by atoms with E-state index in [4.69, 9.17) is 5.41 Å². The van der Waals surface area contributed by atoms with E-state index in [2.05, 4.69) is 14.7 Å². The Hall–Kier alpha value is -1.72. The number of hydrogen-bond donors (Lipinski definition) is 2. The number of H-pyrrole nitrogens is 1. The molecule has 0 fully saturated rings. The van der Waals surface area contributed by atoms with Gasteiger partial charge in [-0.1, -0.05) is 0 Å². The van der Waals surface area contributed by atoms with Gasteiger partial charge in [-0.15, -0.1) is 0 Å². The molecule has 0 amide bonds. The zero-order valence-corrected chi connectivity index (χ0v) is 6.50. The van der Waals surface area contributed by atoms with Gasteiger partial charge in [0.15, 0.2) is 0 Å². The maximum atomic E-state index is 11.5. The molecule has 0 spiro atoms. The molecule has 0 radical (unpaired) electrons. The Morgan fingerprint density at radius 1 is 1.69 bits per heavy atom. The topological polar surface area (TPSA) is 61.8 Å². The van der Waals surface area contributed by atoms with E-state index in [1.165, 1.54) is 12.3 Å². The first-order chi connectivity index (χ1) is 6.18. The van der Waals surface area contributed by atoms with Crippen molar-refractivity contribution in [1.29, 1.82) is 5.41 Å². The van der Waals surface area contributed by atoms with Gasteiger partial charge in [-0.2, -0.15) is 8.78 Å². The summed E-state index contributed by atoms with van der Waals surface area (Å²) in [5.41, 5.74) is 0. The molecule has 1 rings (SSSR count). The molecular formula is C7H7F2N3O. The van der Waals surface area contributed by atoms with Crippen LogP contribution in [0.1, 0.15) is 5.82 Å². The van der Waals surface area contributed by atoms with Gasteiger partial charge in [0, 0.05) is 18.5 Å². The summed E-state index contributed by atoms with van der Waals surface area (Å²) < 4.78 is 26.8. The van der Waals surface area contributed by atoms with Crippen LogP contribution in [0, 0.1) is 5.41 Å². The second kappa shape index (κ2) is 4.34. The van der Waals surface area contributed by atoms with Gasteiger partial charge >= 0.3 is 6.61 Å². The molecule has 4 nitrogen and oxygen atoms in total. The van der Waals surface area contributed by atoms with Crippen LogP contribution in [-0.4, -0.2) is 22.5 Å². The number of aromatic nitrogens is 2. The van der Waals surface area contributed by atoms with Crippen molar-refractivity contribution < 1.29 is 13.5 Å². The van der Waals surface area contributed by atoms with E-state index in [9.17, 15) is 8.78 Å². The highest BCUT2D eigenvalue weighted by atomic mass is 19.3. The van der Waals surface area contributed by atoms with Crippen molar-refractivity contribution in [2.75, 3.05) is 0 Å². The maximum Gasteiger partial charge on any atom is 0.388 e. The van der Waals surface area contributed by atoms with E-state index in [1.807, 2.05) is 0 Å². The lowest BCUT2D eigenvalue weighted by Gasteiger charge is -1.99. The minimum atomic E-state index is -2.96. The first-order valence-electron chi connectivity index (χ1n) is 3.39. The Morgan fingerprint density at radius 2 is 2.46 bits per heavy atom. The smallest absolute Gasteiger partial charge is 0.388 e. The van der Waals surface area contributed by atoms with Crippen molar-refractivity contribution in [3.8, 4) is 0 Å². The molecule has 6 heteroatoms. The van der Waals surface area contributed by atoms with E-state index in [-0.39, 0.29) is 0 Å². The van der Waals surface area contributed by atoms with Crippen LogP contribution >= 0.6 is 0 Å². The molecule has 0 aliphatic heterocycles. The zero-order chi connectivity index (χ0) is 9.68. The normalized spacial score (nSPS) is 11.0. The van der Waals surface area contributed by atoms with Crippen LogP contribution in [0.2, 0.25) is 0 Å². The molecule has 0 aliphatic carbocycles. The summed E-state index contributed by atoms with van der Waals surface area (Å²) in [6.45, 7) is -2.96. The molecule has 0 aliphatic rings. The third-order valence-electron chi connectivity index (χ3n) is 1.13. The predicted octanol–water partition coefficient (Wildman–Crippen LogP) is 1.64. The maximum absolute atomic E-state index is 11.5. The van der Waals surface area contributed by atoms with Crippen LogP contribution in [-0.2, 0) is 4.74 Å². The number of aromatic amines is 1. The number of hydrogen-bond acceptors (Lipinski definition) is 3.